The van der Waals surface area contributed by atoms with Crippen LogP contribution in [0, 0.1) is 23.7 Å². The van der Waals surface area contributed by atoms with E-state index in [0.29, 0.717) is 23.7 Å². The van der Waals surface area contributed by atoms with Crippen molar-refractivity contribution in [3.8, 4) is 22.3 Å². The van der Waals surface area contributed by atoms with E-state index in [1.165, 1.54) is 64.1 Å². The van der Waals surface area contributed by atoms with E-state index in [9.17, 15) is 0 Å². The fourth-order valence-electron chi connectivity index (χ4n) is 11.5. The van der Waals surface area contributed by atoms with E-state index in [1.807, 2.05) is 0 Å². The second-order valence-corrected chi connectivity index (χ2v) is 19.8. The Morgan fingerprint density at radius 2 is 0.655 bits per heavy atom. The molecule has 0 fully saturated rings. The Morgan fingerprint density at radius 3 is 1.00 bits per heavy atom. The molecule has 0 heterocycles. The molecule has 6 aromatic rings. The number of fused-ring (bicyclic) bond motifs is 6. The van der Waals surface area contributed by atoms with Gasteiger partial charge in [-0.25, -0.2) is 0 Å². The van der Waals surface area contributed by atoms with Crippen molar-refractivity contribution < 1.29 is 0 Å². The molecule has 1 heteroatoms. The Balaban J connectivity index is 1.50. The summed E-state index contributed by atoms with van der Waals surface area (Å²) in [7, 11) is -1.96. The highest BCUT2D eigenvalue weighted by molar-refractivity contribution is 8.34. The zero-order chi connectivity index (χ0) is 38.5. The van der Waals surface area contributed by atoms with Gasteiger partial charge in [-0.15, -0.1) is 10.0 Å². The van der Waals surface area contributed by atoms with Crippen LogP contribution in [0.25, 0.3) is 22.3 Å². The molecule has 282 valence electrons. The number of benzene rings is 6. The monoisotopic (exact) mass is 740 g/mol. The Labute approximate surface area is 333 Å². The van der Waals surface area contributed by atoms with Gasteiger partial charge in [-0.2, -0.15) is 0 Å². The van der Waals surface area contributed by atoms with Crippen molar-refractivity contribution in [2.45, 2.75) is 111 Å². The summed E-state index contributed by atoms with van der Waals surface area (Å²) >= 11 is 0. The predicted octanol–water partition coefficient (Wildman–Crippen LogP) is 15.7. The summed E-state index contributed by atoms with van der Waals surface area (Å²) in [4.78, 5) is 5.64. The van der Waals surface area contributed by atoms with Gasteiger partial charge in [0.25, 0.3) is 0 Å². The highest BCUT2D eigenvalue weighted by Crippen LogP contribution is 2.75. The average molecular weight is 741 g/mol. The van der Waals surface area contributed by atoms with Crippen molar-refractivity contribution >= 4 is 10.0 Å². The molecule has 0 saturated carbocycles. The zero-order valence-electron chi connectivity index (χ0n) is 34.4. The first-order chi connectivity index (χ1) is 26.8. The Kier molecular flexibility index (Phi) is 10.00. The molecular weight excluding hydrogens is 681 g/mol. The second-order valence-electron chi connectivity index (χ2n) is 16.7. The molecule has 0 N–H and O–H groups in total. The smallest absolute Gasteiger partial charge is 0.0266 e. The third kappa shape index (κ3) is 5.18. The third-order valence-electron chi connectivity index (χ3n) is 14.7. The summed E-state index contributed by atoms with van der Waals surface area (Å²) in [6, 6.07) is 57.3. The summed E-state index contributed by atoms with van der Waals surface area (Å²) in [5.41, 5.74) is 11.7. The normalized spacial score (nSPS) is 20.8. The van der Waals surface area contributed by atoms with Crippen LogP contribution in [0.3, 0.4) is 0 Å². The van der Waals surface area contributed by atoms with Gasteiger partial charge in [-0.3, -0.25) is 0 Å². The van der Waals surface area contributed by atoms with Crippen molar-refractivity contribution in [1.82, 2.24) is 0 Å². The van der Waals surface area contributed by atoms with E-state index in [0.717, 1.165) is 25.7 Å². The van der Waals surface area contributed by atoms with Crippen LogP contribution in [0.5, 0.6) is 0 Å². The molecule has 0 aliphatic heterocycles. The van der Waals surface area contributed by atoms with Crippen molar-refractivity contribution in [1.29, 1.82) is 0 Å². The first-order valence-corrected chi connectivity index (χ1v) is 22.8. The van der Waals surface area contributed by atoms with Crippen LogP contribution in [0.15, 0.2) is 165 Å². The molecule has 0 bridgehead atoms. The van der Waals surface area contributed by atoms with Crippen LogP contribution >= 0.6 is 10.0 Å². The Morgan fingerprint density at radius 1 is 0.345 bits per heavy atom. The van der Waals surface area contributed by atoms with E-state index in [2.05, 4.69) is 201 Å². The minimum atomic E-state index is -1.96. The topological polar surface area (TPSA) is 0 Å². The van der Waals surface area contributed by atoms with Crippen LogP contribution in [0.4, 0.5) is 0 Å². The molecular formula is C54H60S. The van der Waals surface area contributed by atoms with Gasteiger partial charge >= 0.3 is 0 Å². The molecule has 0 nitrogen and oxygen atoms in total. The lowest BCUT2D eigenvalue weighted by Crippen LogP contribution is -2.39. The lowest BCUT2D eigenvalue weighted by molar-refractivity contribution is 0.235. The highest BCUT2D eigenvalue weighted by atomic mass is 32.3. The maximum atomic E-state index is 2.71. The van der Waals surface area contributed by atoms with Crippen molar-refractivity contribution in [3.05, 3.63) is 168 Å². The fraction of sp³-hybridized carbons (Fsp3) is 0.333. The molecule has 0 amide bonds. The largest absolute Gasteiger partial charge is 0.133 e. The van der Waals surface area contributed by atoms with Crippen LogP contribution < -0.4 is 0 Å². The molecule has 4 unspecified atom stereocenters. The molecule has 8 rings (SSSR count). The van der Waals surface area contributed by atoms with Gasteiger partial charge in [0.1, 0.15) is 0 Å². The van der Waals surface area contributed by atoms with E-state index >= 15 is 0 Å². The molecule has 2 aliphatic carbocycles. The number of hydrogen-bond donors (Lipinski definition) is 0. The first kappa shape index (κ1) is 37.6. The Hall–Kier alpha value is -4.33. The van der Waals surface area contributed by atoms with Crippen LogP contribution in [0.1, 0.15) is 103 Å². The number of hydrogen-bond acceptors (Lipinski definition) is 0. The van der Waals surface area contributed by atoms with Gasteiger partial charge in [-0.1, -0.05) is 178 Å². The molecule has 0 spiro atoms. The van der Waals surface area contributed by atoms with Gasteiger partial charge < -0.3 is 0 Å². The predicted molar refractivity (Wildman–Crippen MR) is 237 cm³/mol. The van der Waals surface area contributed by atoms with Gasteiger partial charge in [0.05, 0.1) is 0 Å². The maximum Gasteiger partial charge on any atom is 0.0266 e. The molecule has 4 atom stereocenters. The van der Waals surface area contributed by atoms with E-state index < -0.39 is 10.0 Å². The molecule has 0 radical (unpaired) electrons. The lowest BCUT2D eigenvalue weighted by atomic mass is 9.60. The van der Waals surface area contributed by atoms with E-state index in [-0.39, 0.29) is 10.8 Å². The third-order valence-corrected chi connectivity index (χ3v) is 18.5. The lowest BCUT2D eigenvalue weighted by Gasteiger charge is -2.46. The standard InChI is InChI=1S/C54H60S/c1-9-37(5)53(38(6)10-2)49-29-21-19-27-45(49)47-33-31-43(35-51(47)53)55(41-23-15-13-16-24-41,42-25-17-14-18-26-42)44-32-34-48-46-28-20-22-30-50(46)54(39(7)11-3,40(8)12-4)52(48)36-44/h13-40H,9-12H2,1-8H3. The van der Waals surface area contributed by atoms with Crippen LogP contribution in [0.2, 0.25) is 0 Å². The quantitative estimate of drug-likeness (QED) is 0.117. The number of rotatable bonds is 12. The minimum absolute atomic E-state index is 0.0636. The summed E-state index contributed by atoms with van der Waals surface area (Å²) < 4.78 is 0. The molecule has 0 saturated heterocycles. The van der Waals surface area contributed by atoms with Crippen molar-refractivity contribution in [2.24, 2.45) is 23.7 Å². The van der Waals surface area contributed by atoms with Crippen LogP contribution in [-0.4, -0.2) is 0 Å². The van der Waals surface area contributed by atoms with Gasteiger partial charge in [-0.05, 0) is 117 Å². The summed E-state index contributed by atoms with van der Waals surface area (Å²) in [5, 5.41) is 0. The van der Waals surface area contributed by atoms with Crippen molar-refractivity contribution in [2.75, 3.05) is 0 Å². The van der Waals surface area contributed by atoms with Gasteiger partial charge in [0.15, 0.2) is 0 Å². The maximum absolute atomic E-state index is 2.71. The SMILES string of the molecule is CCC(C)C1(C(C)CC)c2ccccc2-c2ccc(S(c3ccccc3)(c3ccccc3)c3ccc4c(c3)C(C(C)CC)(C(C)CC)c3ccccc3-4)cc21. The highest BCUT2D eigenvalue weighted by Gasteiger charge is 2.52. The summed E-state index contributed by atoms with van der Waals surface area (Å²) in [6.45, 7) is 19.6. The zero-order valence-corrected chi connectivity index (χ0v) is 35.2. The Bertz CT molecular complexity index is 2110. The first-order valence-electron chi connectivity index (χ1n) is 21.2. The van der Waals surface area contributed by atoms with E-state index in [1.54, 1.807) is 0 Å². The summed E-state index contributed by atoms with van der Waals surface area (Å²) in [5.74, 6) is 1.96. The van der Waals surface area contributed by atoms with Crippen LogP contribution in [-0.2, 0) is 10.8 Å². The second kappa shape index (κ2) is 14.6. The molecule has 55 heavy (non-hydrogen) atoms. The minimum Gasteiger partial charge on any atom is -0.133 e. The average Bonchev–Trinajstić information content (AvgIpc) is 3.71. The van der Waals surface area contributed by atoms with Crippen molar-refractivity contribution in [3.63, 3.8) is 0 Å². The molecule has 0 aromatic heterocycles. The molecule has 6 aromatic carbocycles. The molecule has 2 aliphatic rings. The van der Waals surface area contributed by atoms with Gasteiger partial charge in [0.2, 0.25) is 0 Å². The van der Waals surface area contributed by atoms with Gasteiger partial charge in [0, 0.05) is 30.4 Å². The summed E-state index contributed by atoms with van der Waals surface area (Å²) in [6.07, 6.45) is 4.54. The fourth-order valence-corrected chi connectivity index (χ4v) is 15.4. The van der Waals surface area contributed by atoms with E-state index in [4.69, 9.17) is 0 Å².